The number of aryl methyl sites for hydroxylation is 2. The summed E-state index contributed by atoms with van der Waals surface area (Å²) in [7, 11) is 1.45. The van der Waals surface area contributed by atoms with Crippen LogP contribution in [0.2, 0.25) is 0 Å². The van der Waals surface area contributed by atoms with Crippen molar-refractivity contribution in [2.24, 2.45) is 0 Å². The lowest BCUT2D eigenvalue weighted by Gasteiger charge is -2.09. The SMILES string of the molecule is CCCn1c(-c2cc(C)nnc2C)nnc1S(=O)(=O)Cl. The quantitative estimate of drug-likeness (QED) is 0.797. The van der Waals surface area contributed by atoms with E-state index in [1.165, 1.54) is 4.57 Å². The Morgan fingerprint density at radius 1 is 1.20 bits per heavy atom. The van der Waals surface area contributed by atoms with Crippen LogP contribution >= 0.6 is 10.7 Å². The van der Waals surface area contributed by atoms with Gasteiger partial charge in [0.1, 0.15) is 0 Å². The predicted octanol–water partition coefficient (Wildman–Crippen LogP) is 1.69. The largest absolute Gasteiger partial charge is 0.297 e. The molecule has 0 aliphatic rings. The molecule has 0 radical (unpaired) electrons. The maximum absolute atomic E-state index is 11.5. The van der Waals surface area contributed by atoms with E-state index >= 15 is 0 Å². The van der Waals surface area contributed by atoms with Crippen molar-refractivity contribution in [3.05, 3.63) is 17.5 Å². The van der Waals surface area contributed by atoms with Crippen molar-refractivity contribution in [2.45, 2.75) is 38.9 Å². The second-order valence-electron chi connectivity index (χ2n) is 4.38. The highest BCUT2D eigenvalue weighted by Crippen LogP contribution is 2.24. The Morgan fingerprint density at radius 2 is 1.90 bits per heavy atom. The zero-order valence-electron chi connectivity index (χ0n) is 11.3. The zero-order chi connectivity index (χ0) is 14.9. The molecule has 2 aromatic heterocycles. The van der Waals surface area contributed by atoms with E-state index in [1.54, 1.807) is 19.9 Å². The molecule has 9 heteroatoms. The molecule has 2 rings (SSSR count). The lowest BCUT2D eigenvalue weighted by Crippen LogP contribution is -2.08. The fourth-order valence-electron chi connectivity index (χ4n) is 1.87. The van der Waals surface area contributed by atoms with Crippen molar-refractivity contribution in [1.82, 2.24) is 25.0 Å². The van der Waals surface area contributed by atoms with E-state index < -0.39 is 9.05 Å². The van der Waals surface area contributed by atoms with Gasteiger partial charge in [0.15, 0.2) is 5.82 Å². The van der Waals surface area contributed by atoms with Gasteiger partial charge in [0.25, 0.3) is 14.2 Å². The molecule has 0 fully saturated rings. The van der Waals surface area contributed by atoms with Gasteiger partial charge in [-0.3, -0.25) is 4.57 Å². The summed E-state index contributed by atoms with van der Waals surface area (Å²) in [6.07, 6.45) is 0.723. The van der Waals surface area contributed by atoms with Crippen LogP contribution in [-0.2, 0) is 15.6 Å². The van der Waals surface area contributed by atoms with Crippen LogP contribution in [0.1, 0.15) is 24.7 Å². The topological polar surface area (TPSA) is 90.6 Å². The van der Waals surface area contributed by atoms with Crippen LogP contribution in [0.3, 0.4) is 0 Å². The maximum atomic E-state index is 11.5. The normalized spacial score (nSPS) is 11.8. The van der Waals surface area contributed by atoms with Crippen LogP contribution in [0, 0.1) is 13.8 Å². The fraction of sp³-hybridized carbons (Fsp3) is 0.455. The summed E-state index contributed by atoms with van der Waals surface area (Å²) in [6.45, 7) is 5.96. The molecule has 0 saturated heterocycles. The van der Waals surface area contributed by atoms with Gasteiger partial charge in [-0.25, -0.2) is 8.42 Å². The van der Waals surface area contributed by atoms with E-state index in [0.29, 0.717) is 29.3 Å². The minimum atomic E-state index is -3.94. The van der Waals surface area contributed by atoms with Crippen molar-refractivity contribution in [3.63, 3.8) is 0 Å². The minimum absolute atomic E-state index is 0.245. The van der Waals surface area contributed by atoms with Crippen LogP contribution in [0.5, 0.6) is 0 Å². The third-order valence-electron chi connectivity index (χ3n) is 2.72. The van der Waals surface area contributed by atoms with Gasteiger partial charge in [-0.2, -0.15) is 10.2 Å². The number of halogens is 1. The number of aromatic nitrogens is 5. The van der Waals surface area contributed by atoms with Gasteiger partial charge in [-0.15, -0.1) is 10.2 Å². The molecule has 7 nitrogen and oxygen atoms in total. The van der Waals surface area contributed by atoms with Crippen LogP contribution in [0.25, 0.3) is 11.4 Å². The van der Waals surface area contributed by atoms with Crippen LogP contribution < -0.4 is 0 Å². The molecule has 0 atom stereocenters. The highest BCUT2D eigenvalue weighted by molar-refractivity contribution is 8.13. The fourth-order valence-corrected chi connectivity index (χ4v) is 2.79. The summed E-state index contributed by atoms with van der Waals surface area (Å²) >= 11 is 0. The van der Waals surface area contributed by atoms with Crippen molar-refractivity contribution in [1.29, 1.82) is 0 Å². The van der Waals surface area contributed by atoms with E-state index in [2.05, 4.69) is 20.4 Å². The third kappa shape index (κ3) is 2.80. The lowest BCUT2D eigenvalue weighted by atomic mass is 10.2. The summed E-state index contributed by atoms with van der Waals surface area (Å²) < 4.78 is 24.6. The van der Waals surface area contributed by atoms with E-state index in [1.807, 2.05) is 6.92 Å². The molecule has 0 aromatic carbocycles. The summed E-state index contributed by atoms with van der Waals surface area (Å²) in [6, 6.07) is 1.79. The van der Waals surface area contributed by atoms with E-state index in [9.17, 15) is 8.42 Å². The van der Waals surface area contributed by atoms with Gasteiger partial charge in [0.05, 0.1) is 11.4 Å². The molecule has 108 valence electrons. The van der Waals surface area contributed by atoms with Crippen LogP contribution in [-0.4, -0.2) is 33.4 Å². The highest BCUT2D eigenvalue weighted by Gasteiger charge is 2.24. The molecular formula is C11H14ClN5O2S. The van der Waals surface area contributed by atoms with E-state index in [-0.39, 0.29) is 5.16 Å². The van der Waals surface area contributed by atoms with Gasteiger partial charge in [0.2, 0.25) is 0 Å². The van der Waals surface area contributed by atoms with Gasteiger partial charge in [0, 0.05) is 22.8 Å². The Kier molecular flexibility index (Phi) is 4.05. The van der Waals surface area contributed by atoms with Gasteiger partial charge in [-0.05, 0) is 26.3 Å². The molecule has 0 aliphatic carbocycles. The molecule has 2 aromatic rings. The first-order chi connectivity index (χ1) is 9.34. The smallest absolute Gasteiger partial charge is 0.296 e. The van der Waals surface area contributed by atoms with Gasteiger partial charge < -0.3 is 0 Å². The lowest BCUT2D eigenvalue weighted by molar-refractivity contribution is 0.569. The molecule has 0 spiro atoms. The predicted molar refractivity (Wildman–Crippen MR) is 73.9 cm³/mol. The molecule has 0 saturated carbocycles. The molecule has 2 heterocycles. The number of hydrogen-bond acceptors (Lipinski definition) is 6. The first-order valence-electron chi connectivity index (χ1n) is 6.03. The summed E-state index contributed by atoms with van der Waals surface area (Å²) in [4.78, 5) is 0. The molecule has 0 amide bonds. The second kappa shape index (κ2) is 5.45. The van der Waals surface area contributed by atoms with Gasteiger partial charge >= 0.3 is 0 Å². The molecule has 0 aliphatic heterocycles. The molecule has 0 unspecified atom stereocenters. The Labute approximate surface area is 121 Å². The van der Waals surface area contributed by atoms with Crippen molar-refractivity contribution in [2.75, 3.05) is 0 Å². The summed E-state index contributed by atoms with van der Waals surface area (Å²) in [5.41, 5.74) is 2.07. The van der Waals surface area contributed by atoms with Crippen LogP contribution in [0.4, 0.5) is 0 Å². The summed E-state index contributed by atoms with van der Waals surface area (Å²) in [5, 5.41) is 15.4. The standard InChI is InChI=1S/C11H14ClN5O2S/c1-4-5-17-10(15-16-11(17)20(12,18)19)9-6-7(2)13-14-8(9)3/h6H,4-5H2,1-3H3. The number of hydrogen-bond donors (Lipinski definition) is 0. The zero-order valence-corrected chi connectivity index (χ0v) is 12.9. The molecule has 0 N–H and O–H groups in total. The Hall–Kier alpha value is -1.54. The van der Waals surface area contributed by atoms with Crippen LogP contribution in [0.15, 0.2) is 11.2 Å². The molecular weight excluding hydrogens is 302 g/mol. The Balaban J connectivity index is 2.69. The van der Waals surface area contributed by atoms with Crippen molar-refractivity contribution >= 4 is 19.7 Å². The third-order valence-corrected chi connectivity index (χ3v) is 3.88. The van der Waals surface area contributed by atoms with E-state index in [4.69, 9.17) is 10.7 Å². The summed E-state index contributed by atoms with van der Waals surface area (Å²) in [5.74, 6) is 0.432. The number of rotatable bonds is 4. The van der Waals surface area contributed by atoms with Crippen molar-refractivity contribution in [3.8, 4) is 11.4 Å². The molecule has 0 bridgehead atoms. The highest BCUT2D eigenvalue weighted by atomic mass is 35.7. The van der Waals surface area contributed by atoms with Crippen molar-refractivity contribution < 1.29 is 8.42 Å². The van der Waals surface area contributed by atoms with Gasteiger partial charge in [-0.1, -0.05) is 6.92 Å². The minimum Gasteiger partial charge on any atom is -0.297 e. The first kappa shape index (κ1) is 14.9. The van der Waals surface area contributed by atoms with E-state index in [0.717, 1.165) is 6.42 Å². The molecule has 20 heavy (non-hydrogen) atoms. The average molecular weight is 316 g/mol. The maximum Gasteiger partial charge on any atom is 0.296 e. The Bertz CT molecular complexity index is 741. The first-order valence-corrected chi connectivity index (χ1v) is 8.34. The Morgan fingerprint density at radius 3 is 2.50 bits per heavy atom. The average Bonchev–Trinajstić information content (AvgIpc) is 2.76. The monoisotopic (exact) mass is 315 g/mol. The second-order valence-corrected chi connectivity index (χ2v) is 6.84. The number of nitrogens with zero attached hydrogens (tertiary/aromatic N) is 5.